The zero-order valence-electron chi connectivity index (χ0n) is 3.85. The molecule has 0 aliphatic rings. The topological polar surface area (TPSA) is 26.3 Å². The minimum atomic E-state index is -0.553. The van der Waals surface area contributed by atoms with E-state index in [1.54, 1.807) is 0 Å². The molecule has 2 nitrogen and oxygen atoms in total. The summed E-state index contributed by atoms with van der Waals surface area (Å²) in [5.41, 5.74) is -0.553. The van der Waals surface area contributed by atoms with E-state index in [2.05, 4.69) is 4.74 Å². The van der Waals surface area contributed by atoms with Crippen LogP contribution in [0.4, 0.5) is 0 Å². The number of ether oxygens (including phenoxy) is 1. The van der Waals surface area contributed by atoms with Gasteiger partial charge >= 0.3 is 0 Å². The Hall–Kier alpha value is 0.864. The minimum absolute atomic E-state index is 0. The van der Waals surface area contributed by atoms with Gasteiger partial charge in [-0.3, -0.25) is 0 Å². The van der Waals surface area contributed by atoms with Gasteiger partial charge in [0.1, 0.15) is 5.56 Å². The van der Waals surface area contributed by atoms with Gasteiger partial charge in [-0.1, -0.05) is 18.1 Å². The molecule has 0 saturated carbocycles. The van der Waals surface area contributed by atoms with Crippen molar-refractivity contribution in [2.75, 3.05) is 0 Å². The maximum absolute atomic E-state index is 9.18. The molecule has 0 aliphatic carbocycles. The molecular formula is C3H4ClO2Y-. The van der Waals surface area contributed by atoms with Crippen LogP contribution in [0.15, 0.2) is 0 Å². The molecule has 0 amide bonds. The molecule has 1 radical (unpaired) electrons. The SMILES string of the molecule is CC(Cl)O[C-]=O.[Y]. The number of hydrogen-bond acceptors (Lipinski definition) is 2. The van der Waals surface area contributed by atoms with Crippen LogP contribution >= 0.6 is 11.6 Å². The maximum Gasteiger partial charge on any atom is 0.135 e. The summed E-state index contributed by atoms with van der Waals surface area (Å²) < 4.78 is 4.00. The van der Waals surface area contributed by atoms with Crippen molar-refractivity contribution in [3.8, 4) is 0 Å². The summed E-state index contributed by atoms with van der Waals surface area (Å²) in [4.78, 5) is 9.18. The first-order valence-corrected chi connectivity index (χ1v) is 1.88. The summed E-state index contributed by atoms with van der Waals surface area (Å²) in [6.07, 6.45) is 0. The number of hydrogen-bond donors (Lipinski definition) is 0. The fourth-order valence-corrected chi connectivity index (χ4v) is 0.103. The van der Waals surface area contributed by atoms with E-state index in [1.165, 1.54) is 13.4 Å². The molecule has 0 fully saturated rings. The van der Waals surface area contributed by atoms with Crippen LogP contribution in [0.5, 0.6) is 0 Å². The second-order valence-corrected chi connectivity index (χ2v) is 1.36. The first kappa shape index (κ1) is 10.8. The first-order valence-electron chi connectivity index (χ1n) is 1.44. The zero-order valence-corrected chi connectivity index (χ0v) is 7.44. The minimum Gasteiger partial charge on any atom is -0.640 e. The summed E-state index contributed by atoms with van der Waals surface area (Å²) in [7, 11) is 0. The molecule has 0 aromatic carbocycles. The van der Waals surface area contributed by atoms with Gasteiger partial charge in [0.05, 0.1) is 0 Å². The van der Waals surface area contributed by atoms with Gasteiger partial charge in [0, 0.05) is 32.7 Å². The van der Waals surface area contributed by atoms with Crippen LogP contribution in [0.2, 0.25) is 0 Å². The van der Waals surface area contributed by atoms with Crippen LogP contribution in [-0.4, -0.2) is 12.0 Å². The fraction of sp³-hybridized carbons (Fsp3) is 0.667. The molecule has 0 aliphatic heterocycles. The number of alkyl halides is 1. The Morgan fingerprint density at radius 2 is 2.29 bits per heavy atom. The molecule has 0 aromatic rings. The van der Waals surface area contributed by atoms with Crippen molar-refractivity contribution in [2.24, 2.45) is 0 Å². The third kappa shape index (κ3) is 10.9. The van der Waals surface area contributed by atoms with Crippen molar-refractivity contribution in [3.63, 3.8) is 0 Å². The maximum atomic E-state index is 9.18. The van der Waals surface area contributed by atoms with E-state index in [-0.39, 0.29) is 32.7 Å². The molecule has 7 heavy (non-hydrogen) atoms. The summed E-state index contributed by atoms with van der Waals surface area (Å²) in [6.45, 7) is 2.72. The molecule has 0 heterocycles. The van der Waals surface area contributed by atoms with Gasteiger partial charge in [-0.25, -0.2) is 0 Å². The molecule has 1 unspecified atom stereocenters. The van der Waals surface area contributed by atoms with Gasteiger partial charge < -0.3 is 9.53 Å². The van der Waals surface area contributed by atoms with Crippen molar-refractivity contribution < 1.29 is 42.2 Å². The predicted octanol–water partition coefficient (Wildman–Crippen LogP) is 0.653. The van der Waals surface area contributed by atoms with E-state index in [9.17, 15) is 4.79 Å². The van der Waals surface area contributed by atoms with E-state index < -0.39 is 5.56 Å². The molecule has 0 rings (SSSR count). The van der Waals surface area contributed by atoms with Crippen LogP contribution in [0.25, 0.3) is 0 Å². The third-order valence-electron chi connectivity index (χ3n) is 0.211. The second kappa shape index (κ2) is 6.86. The standard InChI is InChI=1S/C3H4ClO2.Y/c1-3(4)6-2-5;/h3H,1H3;/q-1;. The number of carbonyl (C=O) groups excluding carboxylic acids is 1. The van der Waals surface area contributed by atoms with Crippen LogP contribution in [0, 0.1) is 0 Å². The molecule has 1 atom stereocenters. The Kier molecular flexibility index (Phi) is 10.6. The van der Waals surface area contributed by atoms with Gasteiger partial charge in [-0.2, -0.15) is 0 Å². The number of halogens is 1. The van der Waals surface area contributed by atoms with Crippen molar-refractivity contribution in [3.05, 3.63) is 0 Å². The molecular weight excluding hydrogens is 192 g/mol. The van der Waals surface area contributed by atoms with Crippen molar-refractivity contribution in [1.82, 2.24) is 0 Å². The molecule has 0 spiro atoms. The summed E-state index contributed by atoms with van der Waals surface area (Å²) in [6, 6.07) is 0. The number of rotatable bonds is 2. The van der Waals surface area contributed by atoms with Gasteiger partial charge in [0.2, 0.25) is 0 Å². The summed E-state index contributed by atoms with van der Waals surface area (Å²) in [5.74, 6) is 0. The van der Waals surface area contributed by atoms with Crippen molar-refractivity contribution >= 4 is 18.1 Å². The van der Waals surface area contributed by atoms with E-state index >= 15 is 0 Å². The van der Waals surface area contributed by atoms with Crippen LogP contribution in [0.3, 0.4) is 0 Å². The Bertz CT molecular complexity index is 48.2. The Balaban J connectivity index is 0. The van der Waals surface area contributed by atoms with Crippen molar-refractivity contribution in [1.29, 1.82) is 0 Å². The van der Waals surface area contributed by atoms with E-state index in [4.69, 9.17) is 11.6 Å². The molecule has 4 heteroatoms. The molecule has 0 saturated heterocycles. The van der Waals surface area contributed by atoms with Gasteiger partial charge in [0.25, 0.3) is 0 Å². The average Bonchev–Trinajstić information content (AvgIpc) is 1.35. The van der Waals surface area contributed by atoms with Gasteiger partial charge in [0.15, 0.2) is 0 Å². The monoisotopic (exact) mass is 196 g/mol. The first-order chi connectivity index (χ1) is 2.77. The fourth-order valence-electron chi connectivity index (χ4n) is 0.0663. The van der Waals surface area contributed by atoms with Crippen molar-refractivity contribution in [2.45, 2.75) is 12.5 Å². The second-order valence-electron chi connectivity index (χ2n) is 0.744. The molecule has 0 aromatic heterocycles. The Morgan fingerprint density at radius 3 is 2.29 bits per heavy atom. The normalized spacial score (nSPS) is 11.1. The van der Waals surface area contributed by atoms with E-state index in [0.29, 0.717) is 0 Å². The van der Waals surface area contributed by atoms with Crippen LogP contribution in [0.1, 0.15) is 6.92 Å². The van der Waals surface area contributed by atoms with E-state index in [1.807, 2.05) is 0 Å². The van der Waals surface area contributed by atoms with Gasteiger partial charge in [-0.15, -0.1) is 0 Å². The molecule has 39 valence electrons. The largest absolute Gasteiger partial charge is 0.640 e. The Labute approximate surface area is 72.4 Å². The quantitative estimate of drug-likeness (QED) is 0.479. The smallest absolute Gasteiger partial charge is 0.135 e. The Morgan fingerprint density at radius 1 is 1.86 bits per heavy atom. The summed E-state index contributed by atoms with van der Waals surface area (Å²) >= 11 is 5.09. The molecule has 0 bridgehead atoms. The van der Waals surface area contributed by atoms with E-state index in [0.717, 1.165) is 0 Å². The zero-order chi connectivity index (χ0) is 4.99. The third-order valence-corrected chi connectivity index (χ3v) is 0.300. The average molecular weight is 196 g/mol. The predicted molar refractivity (Wildman–Crippen MR) is 22.1 cm³/mol. The molecule has 0 N–H and O–H groups in total. The van der Waals surface area contributed by atoms with Crippen LogP contribution < -0.4 is 0 Å². The van der Waals surface area contributed by atoms with Gasteiger partial charge in [-0.05, 0) is 6.92 Å². The van der Waals surface area contributed by atoms with Crippen LogP contribution in [-0.2, 0) is 42.2 Å². The summed E-state index contributed by atoms with van der Waals surface area (Å²) in [5, 5.41) is 0.